The van der Waals surface area contributed by atoms with Crippen molar-refractivity contribution in [2.24, 2.45) is 5.92 Å². The van der Waals surface area contributed by atoms with Crippen LogP contribution in [0.25, 0.3) is 0 Å². The third kappa shape index (κ3) is 5.31. The highest BCUT2D eigenvalue weighted by atomic mass is 16.5. The number of urea groups is 1. The van der Waals surface area contributed by atoms with Crippen LogP contribution in [0.15, 0.2) is 0 Å². The molecular weight excluding hydrogens is 252 g/mol. The number of amides is 2. The lowest BCUT2D eigenvalue weighted by Crippen LogP contribution is -2.44. The van der Waals surface area contributed by atoms with Crippen LogP contribution >= 0.6 is 0 Å². The first kappa shape index (κ1) is 15.6. The van der Waals surface area contributed by atoms with E-state index in [0.29, 0.717) is 12.0 Å². The number of nitrogens with one attached hydrogen (secondary N) is 2. The zero-order chi connectivity index (χ0) is 14.4. The standard InChI is InChI=1S/C16H30N2O2/c1-16(2)10-13(12-20-16)11-17-15(19)18-14-8-6-4-3-5-7-9-14/h13-14H,3-12H2,1-2H3,(H2,17,18,19). The molecule has 116 valence electrons. The van der Waals surface area contributed by atoms with Gasteiger partial charge in [0.25, 0.3) is 0 Å². The topological polar surface area (TPSA) is 50.4 Å². The van der Waals surface area contributed by atoms with Crippen LogP contribution < -0.4 is 10.6 Å². The summed E-state index contributed by atoms with van der Waals surface area (Å²) in [7, 11) is 0. The second kappa shape index (κ2) is 7.30. The Bertz CT molecular complexity index is 310. The maximum atomic E-state index is 12.0. The van der Waals surface area contributed by atoms with Crippen LogP contribution in [0, 0.1) is 5.92 Å². The van der Waals surface area contributed by atoms with Crippen molar-refractivity contribution in [1.82, 2.24) is 10.6 Å². The summed E-state index contributed by atoms with van der Waals surface area (Å²) in [5, 5.41) is 6.16. The van der Waals surface area contributed by atoms with E-state index in [0.717, 1.165) is 32.4 Å². The fourth-order valence-corrected chi connectivity index (χ4v) is 3.36. The van der Waals surface area contributed by atoms with Crippen LogP contribution in [-0.2, 0) is 4.74 Å². The van der Waals surface area contributed by atoms with Crippen LogP contribution in [-0.4, -0.2) is 30.8 Å². The fourth-order valence-electron chi connectivity index (χ4n) is 3.36. The zero-order valence-electron chi connectivity index (χ0n) is 13.0. The molecule has 1 aliphatic heterocycles. The first-order chi connectivity index (χ1) is 9.55. The van der Waals surface area contributed by atoms with Gasteiger partial charge in [0, 0.05) is 18.5 Å². The fraction of sp³-hybridized carbons (Fsp3) is 0.938. The summed E-state index contributed by atoms with van der Waals surface area (Å²) in [6.45, 7) is 5.71. The quantitative estimate of drug-likeness (QED) is 0.835. The van der Waals surface area contributed by atoms with E-state index in [1.54, 1.807) is 0 Å². The van der Waals surface area contributed by atoms with Crippen molar-refractivity contribution < 1.29 is 9.53 Å². The lowest BCUT2D eigenvalue weighted by atomic mass is 9.97. The molecule has 0 spiro atoms. The lowest BCUT2D eigenvalue weighted by molar-refractivity contribution is 0.0351. The van der Waals surface area contributed by atoms with Crippen molar-refractivity contribution in [1.29, 1.82) is 0 Å². The van der Waals surface area contributed by atoms with Crippen LogP contribution in [0.3, 0.4) is 0 Å². The van der Waals surface area contributed by atoms with Gasteiger partial charge in [-0.25, -0.2) is 4.79 Å². The van der Waals surface area contributed by atoms with Crippen LogP contribution in [0.4, 0.5) is 4.79 Å². The Balaban J connectivity index is 1.64. The number of carbonyl (C=O) groups excluding carboxylic acids is 1. The van der Waals surface area contributed by atoms with Gasteiger partial charge in [-0.15, -0.1) is 0 Å². The molecule has 1 heterocycles. The van der Waals surface area contributed by atoms with Crippen molar-refractivity contribution in [3.63, 3.8) is 0 Å². The van der Waals surface area contributed by atoms with Gasteiger partial charge in [-0.1, -0.05) is 32.1 Å². The molecule has 2 N–H and O–H groups in total. The SMILES string of the molecule is CC1(C)CC(CNC(=O)NC2CCCCCCC2)CO1. The van der Waals surface area contributed by atoms with Gasteiger partial charge in [0.1, 0.15) is 0 Å². The summed E-state index contributed by atoms with van der Waals surface area (Å²) in [4.78, 5) is 12.0. The molecule has 2 amide bonds. The van der Waals surface area contributed by atoms with E-state index in [-0.39, 0.29) is 11.6 Å². The molecule has 0 radical (unpaired) electrons. The van der Waals surface area contributed by atoms with E-state index in [4.69, 9.17) is 4.74 Å². The summed E-state index contributed by atoms with van der Waals surface area (Å²) >= 11 is 0. The second-order valence-electron chi connectivity index (χ2n) is 7.04. The minimum absolute atomic E-state index is 0.000259. The maximum Gasteiger partial charge on any atom is 0.315 e. The molecule has 4 nitrogen and oxygen atoms in total. The smallest absolute Gasteiger partial charge is 0.315 e. The monoisotopic (exact) mass is 282 g/mol. The molecule has 2 rings (SSSR count). The Morgan fingerprint density at radius 3 is 2.40 bits per heavy atom. The highest BCUT2D eigenvalue weighted by Gasteiger charge is 2.31. The van der Waals surface area contributed by atoms with Gasteiger partial charge in [-0.3, -0.25) is 0 Å². The molecule has 1 saturated heterocycles. The highest BCUT2D eigenvalue weighted by molar-refractivity contribution is 5.74. The Morgan fingerprint density at radius 2 is 1.80 bits per heavy atom. The van der Waals surface area contributed by atoms with E-state index >= 15 is 0 Å². The molecular formula is C16H30N2O2. The van der Waals surface area contributed by atoms with Gasteiger partial charge in [-0.05, 0) is 33.1 Å². The molecule has 1 saturated carbocycles. The average Bonchev–Trinajstić information content (AvgIpc) is 2.70. The largest absolute Gasteiger partial charge is 0.375 e. The lowest BCUT2D eigenvalue weighted by Gasteiger charge is -2.21. The van der Waals surface area contributed by atoms with Gasteiger partial charge < -0.3 is 15.4 Å². The summed E-state index contributed by atoms with van der Waals surface area (Å²) < 4.78 is 5.69. The summed E-state index contributed by atoms with van der Waals surface area (Å²) in [5.41, 5.74) is -0.0254. The molecule has 2 aliphatic rings. The molecule has 1 unspecified atom stereocenters. The molecule has 2 fully saturated rings. The zero-order valence-corrected chi connectivity index (χ0v) is 13.0. The van der Waals surface area contributed by atoms with E-state index in [9.17, 15) is 4.79 Å². The van der Waals surface area contributed by atoms with Gasteiger partial charge in [0.05, 0.1) is 12.2 Å². The molecule has 1 aliphatic carbocycles. The molecule has 0 aromatic rings. The molecule has 0 aromatic carbocycles. The minimum atomic E-state index is -0.0254. The first-order valence-corrected chi connectivity index (χ1v) is 8.23. The van der Waals surface area contributed by atoms with Crippen molar-refractivity contribution in [2.75, 3.05) is 13.2 Å². The third-order valence-electron chi connectivity index (χ3n) is 4.48. The Hall–Kier alpha value is -0.770. The van der Waals surface area contributed by atoms with Gasteiger partial charge in [-0.2, -0.15) is 0 Å². The number of rotatable bonds is 3. The molecule has 1 atom stereocenters. The predicted molar refractivity (Wildman–Crippen MR) is 80.8 cm³/mol. The summed E-state index contributed by atoms with van der Waals surface area (Å²) in [6.07, 6.45) is 9.76. The van der Waals surface area contributed by atoms with Crippen molar-refractivity contribution in [2.45, 2.75) is 76.9 Å². The Labute approximate surface area is 123 Å². The first-order valence-electron chi connectivity index (χ1n) is 8.23. The summed E-state index contributed by atoms with van der Waals surface area (Å²) in [6, 6.07) is 0.367. The average molecular weight is 282 g/mol. The molecule has 0 bridgehead atoms. The number of carbonyl (C=O) groups is 1. The Kier molecular flexibility index (Phi) is 5.70. The van der Waals surface area contributed by atoms with Gasteiger partial charge >= 0.3 is 6.03 Å². The maximum absolute atomic E-state index is 12.0. The number of hydrogen-bond donors (Lipinski definition) is 2. The van der Waals surface area contributed by atoms with E-state index < -0.39 is 0 Å². The number of hydrogen-bond acceptors (Lipinski definition) is 2. The van der Waals surface area contributed by atoms with E-state index in [1.807, 2.05) is 0 Å². The predicted octanol–water partition coefficient (Wildman–Crippen LogP) is 3.21. The number of ether oxygens (including phenoxy) is 1. The van der Waals surface area contributed by atoms with Crippen molar-refractivity contribution in [3.8, 4) is 0 Å². The van der Waals surface area contributed by atoms with E-state index in [2.05, 4.69) is 24.5 Å². The second-order valence-corrected chi connectivity index (χ2v) is 7.04. The summed E-state index contributed by atoms with van der Waals surface area (Å²) in [5.74, 6) is 0.452. The highest BCUT2D eigenvalue weighted by Crippen LogP contribution is 2.28. The van der Waals surface area contributed by atoms with Crippen molar-refractivity contribution >= 4 is 6.03 Å². The van der Waals surface area contributed by atoms with E-state index in [1.165, 1.54) is 32.1 Å². The Morgan fingerprint density at radius 1 is 1.15 bits per heavy atom. The van der Waals surface area contributed by atoms with Crippen molar-refractivity contribution in [3.05, 3.63) is 0 Å². The minimum Gasteiger partial charge on any atom is -0.375 e. The van der Waals surface area contributed by atoms with Crippen LogP contribution in [0.1, 0.15) is 65.2 Å². The third-order valence-corrected chi connectivity index (χ3v) is 4.48. The normalized spacial score (nSPS) is 27.6. The van der Waals surface area contributed by atoms with Gasteiger partial charge in [0.15, 0.2) is 0 Å². The molecule has 0 aromatic heterocycles. The van der Waals surface area contributed by atoms with Gasteiger partial charge in [0.2, 0.25) is 0 Å². The molecule has 4 heteroatoms. The molecule has 20 heavy (non-hydrogen) atoms. The van der Waals surface area contributed by atoms with Crippen LogP contribution in [0.2, 0.25) is 0 Å². The van der Waals surface area contributed by atoms with Crippen LogP contribution in [0.5, 0.6) is 0 Å².